The van der Waals surface area contributed by atoms with Crippen LogP contribution in [0.1, 0.15) is 24.1 Å². The van der Waals surface area contributed by atoms with Crippen LogP contribution in [0.5, 0.6) is 5.75 Å². The second kappa shape index (κ2) is 6.24. The SMILES string of the molecule is CC(NC(=O)C1=Cc2ccccc2OC1)c1ccc(Cl)cc1. The van der Waals surface area contributed by atoms with E-state index in [1.54, 1.807) is 0 Å². The molecule has 0 aromatic heterocycles. The molecule has 0 aliphatic carbocycles. The summed E-state index contributed by atoms with van der Waals surface area (Å²) in [5.41, 5.74) is 2.56. The van der Waals surface area contributed by atoms with Crippen LogP contribution in [-0.4, -0.2) is 12.5 Å². The van der Waals surface area contributed by atoms with Gasteiger partial charge in [0.1, 0.15) is 12.4 Å². The lowest BCUT2D eigenvalue weighted by molar-refractivity contribution is -0.118. The van der Waals surface area contributed by atoms with Crippen LogP contribution >= 0.6 is 11.6 Å². The van der Waals surface area contributed by atoms with Gasteiger partial charge in [0.25, 0.3) is 5.91 Å². The molecular weight excluding hydrogens is 298 g/mol. The van der Waals surface area contributed by atoms with Crippen molar-refractivity contribution in [2.45, 2.75) is 13.0 Å². The number of para-hydroxylation sites is 1. The van der Waals surface area contributed by atoms with Crippen LogP contribution in [0.4, 0.5) is 0 Å². The van der Waals surface area contributed by atoms with E-state index in [1.807, 2.05) is 61.5 Å². The van der Waals surface area contributed by atoms with Crippen molar-refractivity contribution in [1.82, 2.24) is 5.32 Å². The Hall–Kier alpha value is -2.26. The molecule has 2 aromatic carbocycles. The first-order chi connectivity index (χ1) is 10.6. The molecule has 4 heteroatoms. The normalized spacial score (nSPS) is 14.4. The highest BCUT2D eigenvalue weighted by molar-refractivity contribution is 6.30. The Morgan fingerprint density at radius 2 is 1.91 bits per heavy atom. The topological polar surface area (TPSA) is 38.3 Å². The number of ether oxygens (including phenoxy) is 1. The predicted molar refractivity (Wildman–Crippen MR) is 87.9 cm³/mol. The number of hydrogen-bond acceptors (Lipinski definition) is 2. The summed E-state index contributed by atoms with van der Waals surface area (Å²) in [5.74, 6) is 0.696. The molecule has 1 aliphatic rings. The molecule has 2 aromatic rings. The van der Waals surface area contributed by atoms with Crippen LogP contribution in [0.25, 0.3) is 6.08 Å². The highest BCUT2D eigenvalue weighted by Crippen LogP contribution is 2.26. The van der Waals surface area contributed by atoms with E-state index in [-0.39, 0.29) is 18.6 Å². The fourth-order valence-corrected chi connectivity index (χ4v) is 2.50. The van der Waals surface area contributed by atoms with E-state index < -0.39 is 0 Å². The summed E-state index contributed by atoms with van der Waals surface area (Å²) in [7, 11) is 0. The van der Waals surface area contributed by atoms with E-state index in [2.05, 4.69) is 5.32 Å². The minimum atomic E-state index is -0.114. The Morgan fingerprint density at radius 3 is 2.68 bits per heavy atom. The van der Waals surface area contributed by atoms with Gasteiger partial charge >= 0.3 is 0 Å². The number of carbonyl (C=O) groups excluding carboxylic acids is 1. The summed E-state index contributed by atoms with van der Waals surface area (Å²) in [6, 6.07) is 15.0. The van der Waals surface area contributed by atoms with Crippen molar-refractivity contribution < 1.29 is 9.53 Å². The lowest BCUT2D eigenvalue weighted by atomic mass is 10.1. The summed E-state index contributed by atoms with van der Waals surface area (Å²) in [6.07, 6.45) is 1.88. The van der Waals surface area contributed by atoms with Gasteiger partial charge < -0.3 is 10.1 Å². The van der Waals surface area contributed by atoms with Gasteiger partial charge in [0.15, 0.2) is 0 Å². The van der Waals surface area contributed by atoms with Gasteiger partial charge in [-0.3, -0.25) is 4.79 Å². The van der Waals surface area contributed by atoms with Crippen molar-refractivity contribution in [1.29, 1.82) is 0 Å². The van der Waals surface area contributed by atoms with Gasteiger partial charge in [-0.05, 0) is 36.8 Å². The van der Waals surface area contributed by atoms with Gasteiger partial charge in [-0.25, -0.2) is 0 Å². The number of rotatable bonds is 3. The number of fused-ring (bicyclic) bond motifs is 1. The number of halogens is 1. The molecule has 112 valence electrons. The number of benzene rings is 2. The van der Waals surface area contributed by atoms with Crippen LogP contribution < -0.4 is 10.1 Å². The van der Waals surface area contributed by atoms with E-state index in [4.69, 9.17) is 16.3 Å². The van der Waals surface area contributed by atoms with Gasteiger partial charge in [-0.2, -0.15) is 0 Å². The molecule has 1 atom stereocenters. The van der Waals surface area contributed by atoms with Crippen molar-refractivity contribution in [2.24, 2.45) is 0 Å². The number of hydrogen-bond donors (Lipinski definition) is 1. The molecule has 0 spiro atoms. The molecule has 0 fully saturated rings. The fraction of sp³-hybridized carbons (Fsp3) is 0.167. The Kier molecular flexibility index (Phi) is 4.16. The minimum absolute atomic E-state index is 0.0946. The summed E-state index contributed by atoms with van der Waals surface area (Å²) >= 11 is 5.88. The zero-order valence-electron chi connectivity index (χ0n) is 12.2. The Balaban J connectivity index is 1.72. The molecule has 0 bridgehead atoms. The molecule has 0 saturated heterocycles. The number of nitrogens with one attached hydrogen (secondary N) is 1. The average Bonchev–Trinajstić information content (AvgIpc) is 2.55. The monoisotopic (exact) mass is 313 g/mol. The molecular formula is C18H16ClNO2. The molecule has 0 radical (unpaired) electrons. The van der Waals surface area contributed by atoms with Crippen LogP contribution in [-0.2, 0) is 4.79 Å². The molecule has 22 heavy (non-hydrogen) atoms. The molecule has 3 nitrogen and oxygen atoms in total. The van der Waals surface area contributed by atoms with Crippen LogP contribution in [0.2, 0.25) is 5.02 Å². The first-order valence-corrected chi connectivity index (χ1v) is 7.50. The van der Waals surface area contributed by atoms with E-state index >= 15 is 0 Å². The first kappa shape index (κ1) is 14.7. The molecule has 1 unspecified atom stereocenters. The van der Waals surface area contributed by atoms with Crippen molar-refractivity contribution in [3.05, 3.63) is 70.3 Å². The van der Waals surface area contributed by atoms with Gasteiger partial charge in [-0.1, -0.05) is 41.9 Å². The Bertz CT molecular complexity index is 722. The molecule has 3 rings (SSSR count). The van der Waals surface area contributed by atoms with Crippen molar-refractivity contribution in [3.63, 3.8) is 0 Å². The average molecular weight is 314 g/mol. The van der Waals surface area contributed by atoms with E-state index in [0.717, 1.165) is 16.9 Å². The van der Waals surface area contributed by atoms with Crippen LogP contribution in [0, 0.1) is 0 Å². The molecule has 1 heterocycles. The smallest absolute Gasteiger partial charge is 0.251 e. The standard InChI is InChI=1S/C18H16ClNO2/c1-12(13-6-8-16(19)9-7-13)20-18(21)15-10-14-4-2-3-5-17(14)22-11-15/h2-10,12H,11H2,1H3,(H,20,21). The Labute approximate surface area is 134 Å². The highest BCUT2D eigenvalue weighted by Gasteiger charge is 2.18. The summed E-state index contributed by atoms with van der Waals surface area (Å²) in [6.45, 7) is 2.23. The lowest BCUT2D eigenvalue weighted by Crippen LogP contribution is -2.30. The second-order valence-electron chi connectivity index (χ2n) is 5.24. The van der Waals surface area contributed by atoms with Gasteiger partial charge in [0.05, 0.1) is 11.6 Å². The maximum atomic E-state index is 12.4. The van der Waals surface area contributed by atoms with Gasteiger partial charge in [0, 0.05) is 10.6 Å². The summed E-state index contributed by atoms with van der Waals surface area (Å²) in [4.78, 5) is 12.4. The molecule has 0 saturated carbocycles. The second-order valence-corrected chi connectivity index (χ2v) is 5.68. The predicted octanol–water partition coefficient (Wildman–Crippen LogP) is 3.99. The van der Waals surface area contributed by atoms with Gasteiger partial charge in [-0.15, -0.1) is 0 Å². The van der Waals surface area contributed by atoms with Gasteiger partial charge in [0.2, 0.25) is 0 Å². The summed E-state index contributed by atoms with van der Waals surface area (Å²) in [5, 5.41) is 3.67. The third kappa shape index (κ3) is 3.15. The minimum Gasteiger partial charge on any atom is -0.488 e. The van der Waals surface area contributed by atoms with E-state index in [1.165, 1.54) is 0 Å². The molecule has 1 N–H and O–H groups in total. The van der Waals surface area contributed by atoms with E-state index in [9.17, 15) is 4.79 Å². The van der Waals surface area contributed by atoms with Crippen LogP contribution in [0.3, 0.4) is 0 Å². The number of carbonyl (C=O) groups is 1. The van der Waals surface area contributed by atoms with Crippen molar-refractivity contribution in [3.8, 4) is 5.75 Å². The zero-order valence-corrected chi connectivity index (χ0v) is 12.9. The maximum Gasteiger partial charge on any atom is 0.251 e. The quantitative estimate of drug-likeness (QED) is 0.930. The third-order valence-corrected chi connectivity index (χ3v) is 3.89. The third-order valence-electron chi connectivity index (χ3n) is 3.64. The van der Waals surface area contributed by atoms with Crippen LogP contribution in [0.15, 0.2) is 54.1 Å². The maximum absolute atomic E-state index is 12.4. The lowest BCUT2D eigenvalue weighted by Gasteiger charge is -2.20. The molecule has 1 aliphatic heterocycles. The largest absolute Gasteiger partial charge is 0.488 e. The first-order valence-electron chi connectivity index (χ1n) is 7.12. The fourth-order valence-electron chi connectivity index (χ4n) is 2.37. The zero-order chi connectivity index (χ0) is 15.5. The van der Waals surface area contributed by atoms with Crippen molar-refractivity contribution in [2.75, 3.05) is 6.61 Å². The molecule has 1 amide bonds. The number of amides is 1. The highest BCUT2D eigenvalue weighted by atomic mass is 35.5. The summed E-state index contributed by atoms with van der Waals surface area (Å²) < 4.78 is 5.61. The van der Waals surface area contributed by atoms with Crippen molar-refractivity contribution >= 4 is 23.6 Å². The Morgan fingerprint density at radius 1 is 1.18 bits per heavy atom. The van der Waals surface area contributed by atoms with E-state index in [0.29, 0.717) is 10.6 Å².